The highest BCUT2D eigenvalue weighted by atomic mass is 32.1. The molecule has 0 spiro atoms. The Bertz CT molecular complexity index is 1410. The van der Waals surface area contributed by atoms with Gasteiger partial charge in [-0.05, 0) is 43.2 Å². The summed E-state index contributed by atoms with van der Waals surface area (Å²) in [5.74, 6) is 0.375. The van der Waals surface area contributed by atoms with Gasteiger partial charge in [0.15, 0.2) is 0 Å². The number of esters is 1. The van der Waals surface area contributed by atoms with Crippen LogP contribution in [0.1, 0.15) is 42.2 Å². The van der Waals surface area contributed by atoms with E-state index in [9.17, 15) is 9.59 Å². The number of piperazine rings is 1. The average Bonchev–Trinajstić information content (AvgIpc) is 3.54. The van der Waals surface area contributed by atoms with Crippen LogP contribution in [0.2, 0.25) is 0 Å². The lowest BCUT2D eigenvalue weighted by Gasteiger charge is -2.35. The zero-order chi connectivity index (χ0) is 25.8. The van der Waals surface area contributed by atoms with Gasteiger partial charge in [-0.15, -0.1) is 16.4 Å². The fourth-order valence-corrected chi connectivity index (χ4v) is 5.26. The lowest BCUT2D eigenvalue weighted by atomic mass is 10.2. The zero-order valence-electron chi connectivity index (χ0n) is 20.9. The van der Waals surface area contributed by atoms with Crippen LogP contribution in [0.15, 0.2) is 30.3 Å². The predicted molar refractivity (Wildman–Crippen MR) is 140 cm³/mol. The average molecular weight is 524 g/mol. The topological polar surface area (TPSA) is 116 Å². The predicted octanol–water partition coefficient (Wildman–Crippen LogP) is 2.73. The first-order valence-corrected chi connectivity index (χ1v) is 13.3. The Morgan fingerprint density at radius 2 is 1.89 bits per heavy atom. The van der Waals surface area contributed by atoms with E-state index in [0.717, 1.165) is 33.5 Å². The van der Waals surface area contributed by atoms with Gasteiger partial charge in [0.25, 0.3) is 0 Å². The van der Waals surface area contributed by atoms with E-state index in [-0.39, 0.29) is 18.3 Å². The molecule has 4 aromatic rings. The number of nitrogens with zero attached hydrogens (tertiary/aromatic N) is 7. The van der Waals surface area contributed by atoms with Crippen molar-refractivity contribution in [3.8, 4) is 0 Å². The number of carbonyl (C=O) groups is 2. The minimum Gasteiger partial charge on any atom is -0.460 e. The van der Waals surface area contributed by atoms with Crippen molar-refractivity contribution in [2.24, 2.45) is 0 Å². The van der Waals surface area contributed by atoms with Crippen LogP contribution in [0.3, 0.4) is 0 Å². The van der Waals surface area contributed by atoms with E-state index in [1.165, 1.54) is 9.72 Å². The molecule has 0 atom stereocenters. The molecule has 12 heteroatoms. The number of aromatic nitrogens is 5. The van der Waals surface area contributed by atoms with Crippen LogP contribution in [0.25, 0.3) is 21.3 Å². The van der Waals surface area contributed by atoms with Crippen molar-refractivity contribution >= 4 is 50.3 Å². The summed E-state index contributed by atoms with van der Waals surface area (Å²) in [4.78, 5) is 47.3. The minimum atomic E-state index is -0.521. The van der Waals surface area contributed by atoms with Crippen molar-refractivity contribution in [3.05, 3.63) is 41.0 Å². The molecular formula is C25H29N7O4S. The summed E-state index contributed by atoms with van der Waals surface area (Å²) in [6.45, 7) is 6.90. The highest BCUT2D eigenvalue weighted by Crippen LogP contribution is 2.32. The van der Waals surface area contributed by atoms with Crippen LogP contribution in [0, 0.1) is 0 Å². The number of hydrogen-bond acceptors (Lipinski definition) is 10. The maximum Gasteiger partial charge on any atom is 0.376 e. The Labute approximate surface area is 217 Å². The van der Waals surface area contributed by atoms with E-state index in [1.807, 2.05) is 29.2 Å². The van der Waals surface area contributed by atoms with E-state index < -0.39 is 5.97 Å². The molecule has 0 radical (unpaired) electrons. The van der Waals surface area contributed by atoms with Gasteiger partial charge >= 0.3 is 5.97 Å². The summed E-state index contributed by atoms with van der Waals surface area (Å²) >= 11 is 1.57. The first-order valence-electron chi connectivity index (χ1n) is 12.5. The van der Waals surface area contributed by atoms with E-state index in [2.05, 4.69) is 38.2 Å². The number of thiophene rings is 1. The largest absolute Gasteiger partial charge is 0.460 e. The number of aryl methyl sites for hydroxylation is 1. The Morgan fingerprint density at radius 1 is 1.08 bits per heavy atom. The summed E-state index contributed by atoms with van der Waals surface area (Å²) in [5, 5.41) is 9.00. The first-order chi connectivity index (χ1) is 18.1. The van der Waals surface area contributed by atoms with Gasteiger partial charge in [0.2, 0.25) is 11.7 Å². The number of carbonyl (C=O) groups excluding carboxylic acids is 2. The van der Waals surface area contributed by atoms with Gasteiger partial charge in [-0.3, -0.25) is 4.79 Å². The molecule has 0 unspecified atom stereocenters. The summed E-state index contributed by atoms with van der Waals surface area (Å²) in [6.07, 6.45) is 1.85. The fourth-order valence-electron chi connectivity index (χ4n) is 4.30. The molecule has 1 saturated heterocycles. The van der Waals surface area contributed by atoms with Gasteiger partial charge < -0.3 is 19.4 Å². The molecule has 4 heterocycles. The van der Waals surface area contributed by atoms with Gasteiger partial charge in [0.1, 0.15) is 28.3 Å². The molecular weight excluding hydrogens is 494 g/mol. The molecule has 0 saturated carbocycles. The maximum absolute atomic E-state index is 12.8. The zero-order valence-corrected chi connectivity index (χ0v) is 21.7. The summed E-state index contributed by atoms with van der Waals surface area (Å²) < 4.78 is 5.14. The second kappa shape index (κ2) is 11.1. The molecule has 37 heavy (non-hydrogen) atoms. The molecule has 1 aromatic carbocycles. The number of benzene rings is 1. The Hall–Kier alpha value is -3.80. The van der Waals surface area contributed by atoms with Crippen LogP contribution in [0.4, 0.5) is 5.82 Å². The van der Waals surface area contributed by atoms with Gasteiger partial charge in [0.05, 0.1) is 12.0 Å². The molecule has 1 aliphatic heterocycles. The molecule has 0 N–H and O–H groups in total. The first kappa shape index (κ1) is 24.9. The number of fused-ring (bicyclic) bond motifs is 2. The normalized spacial score (nSPS) is 13.9. The van der Waals surface area contributed by atoms with Crippen LogP contribution < -0.4 is 9.74 Å². The van der Waals surface area contributed by atoms with Gasteiger partial charge in [-0.1, -0.05) is 23.9 Å². The summed E-state index contributed by atoms with van der Waals surface area (Å²) in [7, 11) is 0. The number of para-hydroxylation sites is 1. The molecule has 194 valence electrons. The van der Waals surface area contributed by atoms with E-state index in [4.69, 9.17) is 9.57 Å². The van der Waals surface area contributed by atoms with E-state index >= 15 is 0 Å². The highest BCUT2D eigenvalue weighted by Gasteiger charge is 2.25. The third-order valence-electron chi connectivity index (χ3n) is 6.23. The quantitative estimate of drug-likeness (QED) is 0.241. The molecule has 1 fully saturated rings. The second-order valence-corrected chi connectivity index (χ2v) is 9.75. The summed E-state index contributed by atoms with van der Waals surface area (Å²) in [6, 6.07) is 9.66. The van der Waals surface area contributed by atoms with Crippen molar-refractivity contribution in [3.63, 3.8) is 0 Å². The third kappa shape index (κ3) is 5.33. The fraction of sp³-hybridized carbons (Fsp3) is 0.440. The number of rotatable bonds is 9. The maximum atomic E-state index is 12.8. The standard InChI is InChI=1S/C25H29N7O4S/c1-3-17-16-18-23(26-22(25(34)35-4-2)27-24(18)37-17)31-13-11-30(12-14-31)21(33)10-7-15-36-32-20-9-6-5-8-19(20)28-29-32/h5-6,8-9,16H,3-4,7,10-15H2,1-2H3. The van der Waals surface area contributed by atoms with Crippen LogP contribution in [-0.4, -0.2) is 81.3 Å². The van der Waals surface area contributed by atoms with Crippen molar-refractivity contribution in [2.75, 3.05) is 44.3 Å². The van der Waals surface area contributed by atoms with Gasteiger partial charge in [-0.25, -0.2) is 14.8 Å². The monoisotopic (exact) mass is 523 g/mol. The Morgan fingerprint density at radius 3 is 2.68 bits per heavy atom. The number of amides is 1. The van der Waals surface area contributed by atoms with Gasteiger partial charge in [0, 0.05) is 37.5 Å². The van der Waals surface area contributed by atoms with Crippen LogP contribution in [0.5, 0.6) is 0 Å². The number of hydrogen-bond donors (Lipinski definition) is 0. The van der Waals surface area contributed by atoms with Crippen LogP contribution >= 0.6 is 11.3 Å². The molecule has 1 amide bonds. The number of ether oxygens (including phenoxy) is 1. The van der Waals surface area contributed by atoms with Crippen molar-refractivity contribution in [1.29, 1.82) is 0 Å². The highest BCUT2D eigenvalue weighted by molar-refractivity contribution is 7.18. The molecule has 5 rings (SSSR count). The lowest BCUT2D eigenvalue weighted by molar-refractivity contribution is -0.131. The lowest BCUT2D eigenvalue weighted by Crippen LogP contribution is -2.49. The molecule has 11 nitrogen and oxygen atoms in total. The third-order valence-corrected chi connectivity index (χ3v) is 7.41. The Balaban J connectivity index is 1.18. The second-order valence-electron chi connectivity index (χ2n) is 8.63. The van der Waals surface area contributed by atoms with E-state index in [0.29, 0.717) is 45.6 Å². The minimum absolute atomic E-state index is 0.0764. The SMILES string of the molecule is CCOC(=O)c1nc(N2CCN(C(=O)CCCOn3nnc4ccccc43)CC2)c2cc(CC)sc2n1. The molecule has 1 aliphatic rings. The smallest absolute Gasteiger partial charge is 0.376 e. The van der Waals surface area contributed by atoms with E-state index in [1.54, 1.807) is 18.3 Å². The van der Waals surface area contributed by atoms with Crippen molar-refractivity contribution in [2.45, 2.75) is 33.1 Å². The summed E-state index contributed by atoms with van der Waals surface area (Å²) in [5.41, 5.74) is 1.56. The molecule has 3 aromatic heterocycles. The van der Waals surface area contributed by atoms with Crippen molar-refractivity contribution < 1.29 is 19.2 Å². The molecule has 0 bridgehead atoms. The van der Waals surface area contributed by atoms with Crippen molar-refractivity contribution in [1.82, 2.24) is 30.0 Å². The Kier molecular flexibility index (Phi) is 7.45. The van der Waals surface area contributed by atoms with Crippen LogP contribution in [-0.2, 0) is 16.0 Å². The number of anilines is 1. The molecule has 0 aliphatic carbocycles. The van der Waals surface area contributed by atoms with Gasteiger partial charge in [-0.2, -0.15) is 0 Å².